The third-order valence-corrected chi connectivity index (χ3v) is 0.762. The van der Waals surface area contributed by atoms with Crippen molar-refractivity contribution in [1.82, 2.24) is 0 Å². The van der Waals surface area contributed by atoms with Gasteiger partial charge >= 0.3 is 0 Å². The number of allylic oxidation sites excluding steroid dienone is 1. The van der Waals surface area contributed by atoms with Crippen molar-refractivity contribution < 1.29 is 8.78 Å². The van der Waals surface area contributed by atoms with Gasteiger partial charge in [0.2, 0.25) is 5.29 Å². The fourth-order valence-electron chi connectivity index (χ4n) is 0.0505. The Labute approximate surface area is 49.7 Å². The van der Waals surface area contributed by atoms with Gasteiger partial charge in [-0.3, -0.25) is 0 Å². The van der Waals surface area contributed by atoms with Gasteiger partial charge in [-0.2, -0.15) is 4.39 Å². The van der Waals surface area contributed by atoms with Gasteiger partial charge in [0.1, 0.15) is 0 Å². The average molecular weight is 147 g/mol. The second-order valence-corrected chi connectivity index (χ2v) is 1.40. The van der Waals surface area contributed by atoms with E-state index >= 15 is 0 Å². The van der Waals surface area contributed by atoms with E-state index in [4.69, 9.17) is 11.6 Å². The monoisotopic (exact) mass is 146 g/mol. The highest BCUT2D eigenvalue weighted by Gasteiger charge is 1.97. The second kappa shape index (κ2) is 3.22. The van der Waals surface area contributed by atoms with Crippen LogP contribution in [0.25, 0.3) is 0 Å². The molecule has 0 nitrogen and oxygen atoms in total. The molecule has 0 aromatic carbocycles. The van der Waals surface area contributed by atoms with Crippen LogP contribution in [0.3, 0.4) is 0 Å². The molecule has 0 N–H and O–H groups in total. The zero-order chi connectivity index (χ0) is 5.86. The number of rotatable bonds is 1. The van der Waals surface area contributed by atoms with Crippen LogP contribution < -0.4 is 0 Å². The molecule has 0 fully saturated rings. The first-order chi connectivity index (χ1) is 3.18. The van der Waals surface area contributed by atoms with Crippen LogP contribution in [0.2, 0.25) is 0 Å². The molecule has 0 aromatic rings. The molecule has 0 saturated carbocycles. The molecule has 0 rings (SSSR count). The summed E-state index contributed by atoms with van der Waals surface area (Å²) in [6, 6.07) is 0. The van der Waals surface area contributed by atoms with Crippen LogP contribution in [0.5, 0.6) is 0 Å². The van der Waals surface area contributed by atoms with Crippen LogP contribution >= 0.6 is 23.2 Å². The molecular formula is C3H2Cl2F2. The summed E-state index contributed by atoms with van der Waals surface area (Å²) < 4.78 is 22.8. The maximum Gasteiger partial charge on any atom is 0.221 e. The van der Waals surface area contributed by atoms with Gasteiger partial charge in [-0.05, 0) is 11.6 Å². The van der Waals surface area contributed by atoms with Crippen molar-refractivity contribution in [3.05, 3.63) is 11.1 Å². The molecule has 0 aliphatic rings. The summed E-state index contributed by atoms with van der Waals surface area (Å²) in [6.07, 6.45) is 0. The van der Waals surface area contributed by atoms with Gasteiger partial charge in [0.25, 0.3) is 0 Å². The van der Waals surface area contributed by atoms with E-state index in [1.165, 1.54) is 0 Å². The largest absolute Gasteiger partial charge is 0.221 e. The first-order valence-electron chi connectivity index (χ1n) is 1.44. The molecule has 0 unspecified atom stereocenters. The Kier molecular flexibility index (Phi) is 3.30. The van der Waals surface area contributed by atoms with Crippen molar-refractivity contribution in [3.63, 3.8) is 0 Å². The Morgan fingerprint density at radius 2 is 1.86 bits per heavy atom. The third kappa shape index (κ3) is 2.83. The lowest BCUT2D eigenvalue weighted by molar-refractivity contribution is 0.573. The number of hydrogen-bond donors (Lipinski definition) is 0. The van der Waals surface area contributed by atoms with Crippen LogP contribution in [0, 0.1) is 0 Å². The topological polar surface area (TPSA) is 0 Å². The Morgan fingerprint density at radius 1 is 1.43 bits per heavy atom. The minimum absolute atomic E-state index is 0.505. The van der Waals surface area contributed by atoms with Crippen LogP contribution in [-0.2, 0) is 0 Å². The summed E-state index contributed by atoms with van der Waals surface area (Å²) in [4.78, 5) is 0. The van der Waals surface area contributed by atoms with Crippen LogP contribution in [0.4, 0.5) is 8.78 Å². The van der Waals surface area contributed by atoms with E-state index in [2.05, 4.69) is 11.6 Å². The predicted molar refractivity (Wildman–Crippen MR) is 25.8 cm³/mol. The van der Waals surface area contributed by atoms with E-state index in [1.54, 1.807) is 0 Å². The van der Waals surface area contributed by atoms with Gasteiger partial charge in [0.15, 0.2) is 5.83 Å². The van der Waals surface area contributed by atoms with E-state index in [0.717, 1.165) is 0 Å². The standard InChI is InChI=1S/C3H2Cl2F2/c4-1-2(6)3(5)7/h1H2. The van der Waals surface area contributed by atoms with Crippen LogP contribution in [0.1, 0.15) is 0 Å². The van der Waals surface area contributed by atoms with Gasteiger partial charge < -0.3 is 0 Å². The molecule has 4 heteroatoms. The van der Waals surface area contributed by atoms with E-state index in [0.29, 0.717) is 0 Å². The molecule has 0 heterocycles. The first kappa shape index (κ1) is 7.18. The minimum Gasteiger partial charge on any atom is -0.206 e. The second-order valence-electron chi connectivity index (χ2n) is 0.799. The summed E-state index contributed by atoms with van der Waals surface area (Å²) in [5.74, 6) is -1.63. The van der Waals surface area contributed by atoms with Gasteiger partial charge in [-0.15, -0.1) is 11.6 Å². The molecule has 7 heavy (non-hydrogen) atoms. The third-order valence-electron chi connectivity index (χ3n) is 0.322. The highest BCUT2D eigenvalue weighted by molar-refractivity contribution is 6.29. The Morgan fingerprint density at radius 3 is 1.86 bits per heavy atom. The predicted octanol–water partition coefficient (Wildman–Crippen LogP) is 2.57. The van der Waals surface area contributed by atoms with Crippen molar-refractivity contribution in [2.45, 2.75) is 0 Å². The lowest BCUT2D eigenvalue weighted by atomic mass is 10.7. The molecule has 0 aliphatic carbocycles. The van der Waals surface area contributed by atoms with E-state index < -0.39 is 17.0 Å². The smallest absolute Gasteiger partial charge is 0.206 e. The molecule has 42 valence electrons. The zero-order valence-corrected chi connectivity index (χ0v) is 4.73. The summed E-state index contributed by atoms with van der Waals surface area (Å²) in [5, 5.41) is -1.37. The Bertz CT molecular complexity index is 84.9. The maximum absolute atomic E-state index is 11.5. The van der Waals surface area contributed by atoms with Crippen molar-refractivity contribution >= 4 is 23.2 Å². The van der Waals surface area contributed by atoms with Crippen molar-refractivity contribution in [2.75, 3.05) is 5.88 Å². The van der Waals surface area contributed by atoms with E-state index in [9.17, 15) is 8.78 Å². The van der Waals surface area contributed by atoms with Gasteiger partial charge in [0.05, 0.1) is 5.88 Å². The quantitative estimate of drug-likeness (QED) is 0.500. The lowest BCUT2D eigenvalue weighted by Gasteiger charge is -1.81. The molecule has 0 bridgehead atoms. The molecule has 0 atom stereocenters. The van der Waals surface area contributed by atoms with Crippen molar-refractivity contribution in [2.24, 2.45) is 0 Å². The summed E-state index contributed by atoms with van der Waals surface area (Å²) in [5.41, 5.74) is 0. The molecule has 0 aliphatic heterocycles. The van der Waals surface area contributed by atoms with Crippen molar-refractivity contribution in [1.29, 1.82) is 0 Å². The fraction of sp³-hybridized carbons (Fsp3) is 0.333. The molecule has 0 amide bonds. The van der Waals surface area contributed by atoms with E-state index in [1.807, 2.05) is 0 Å². The number of alkyl halides is 1. The zero-order valence-electron chi connectivity index (χ0n) is 3.22. The van der Waals surface area contributed by atoms with Crippen molar-refractivity contribution in [3.8, 4) is 0 Å². The van der Waals surface area contributed by atoms with E-state index in [-0.39, 0.29) is 0 Å². The Hall–Kier alpha value is 0.180. The summed E-state index contributed by atoms with van der Waals surface area (Å²) >= 11 is 9.27. The highest BCUT2D eigenvalue weighted by Crippen LogP contribution is 2.12. The first-order valence-corrected chi connectivity index (χ1v) is 2.35. The SMILES string of the molecule is FC(Cl)=C(F)CCl. The number of halogens is 4. The van der Waals surface area contributed by atoms with Gasteiger partial charge in [0, 0.05) is 0 Å². The molecule has 0 saturated heterocycles. The molecule has 0 spiro atoms. The fourth-order valence-corrected chi connectivity index (χ4v) is 0.303. The summed E-state index contributed by atoms with van der Waals surface area (Å²) in [7, 11) is 0. The van der Waals surface area contributed by atoms with Crippen LogP contribution in [-0.4, -0.2) is 5.88 Å². The van der Waals surface area contributed by atoms with Gasteiger partial charge in [-0.25, -0.2) is 4.39 Å². The summed E-state index contributed by atoms with van der Waals surface area (Å²) in [6.45, 7) is 0. The minimum atomic E-state index is -1.37. The van der Waals surface area contributed by atoms with Gasteiger partial charge in [-0.1, -0.05) is 0 Å². The normalized spacial score (nSPS) is 13.7. The van der Waals surface area contributed by atoms with Crippen LogP contribution in [0.15, 0.2) is 11.1 Å². The highest BCUT2D eigenvalue weighted by atomic mass is 35.5. The average Bonchev–Trinajstić information content (AvgIpc) is 1.65. The lowest BCUT2D eigenvalue weighted by Crippen LogP contribution is -1.72. The Balaban J connectivity index is 3.72. The number of hydrogen-bond acceptors (Lipinski definition) is 0. The molecular weight excluding hydrogens is 145 g/mol. The molecule has 0 aromatic heterocycles. The molecule has 0 radical (unpaired) electrons. The maximum atomic E-state index is 11.5.